The summed E-state index contributed by atoms with van der Waals surface area (Å²) in [6.45, 7) is 4.03. The summed E-state index contributed by atoms with van der Waals surface area (Å²) < 4.78 is 5.19. The fraction of sp³-hybridized carbons (Fsp3) is 0.120. The number of carbonyl (C=O) groups is 1. The third kappa shape index (κ3) is 4.20. The number of benzene rings is 3. The highest BCUT2D eigenvalue weighted by Crippen LogP contribution is 2.39. The van der Waals surface area contributed by atoms with E-state index in [1.165, 1.54) is 18.9 Å². The number of amides is 1. The maximum Gasteiger partial charge on any atom is 0.271 e. The van der Waals surface area contributed by atoms with Crippen LogP contribution in [0.15, 0.2) is 76.6 Å². The first kappa shape index (κ1) is 20.8. The third-order valence-electron chi connectivity index (χ3n) is 4.97. The van der Waals surface area contributed by atoms with Crippen molar-refractivity contribution in [1.82, 2.24) is 0 Å². The number of thioether (sulfide) groups is 1. The van der Waals surface area contributed by atoms with E-state index in [1.54, 1.807) is 29.2 Å². The predicted octanol–water partition coefficient (Wildman–Crippen LogP) is 5.83. The number of nitrogens with zero attached hydrogens (tertiary/aromatic N) is 2. The zero-order valence-corrected chi connectivity index (χ0v) is 18.3. The number of amidine groups is 1. The maximum atomic E-state index is 13.4. The molecule has 5 nitrogen and oxygen atoms in total. The average Bonchev–Trinajstić information content (AvgIpc) is 3.07. The van der Waals surface area contributed by atoms with E-state index in [0.717, 1.165) is 28.1 Å². The minimum atomic E-state index is -0.145. The van der Waals surface area contributed by atoms with E-state index in [4.69, 9.17) is 9.73 Å². The standard InChI is InChI=1S/C25H22N2O3S/c1-16-8-7-9-17(2)23(16)26-25-27(19-10-5-4-6-11-19)24(29)22(31-25)15-18-12-13-20(28)21(14-18)30-3/h4-15,28H,1-3H3. The van der Waals surface area contributed by atoms with Gasteiger partial charge in [-0.2, -0.15) is 0 Å². The molecule has 6 heteroatoms. The molecule has 1 saturated heterocycles. The molecule has 4 rings (SSSR count). The number of aromatic hydroxyl groups is 1. The third-order valence-corrected chi connectivity index (χ3v) is 5.94. The van der Waals surface area contributed by atoms with Crippen LogP contribution in [0.1, 0.15) is 16.7 Å². The second-order valence-electron chi connectivity index (χ2n) is 7.15. The molecule has 3 aromatic rings. The number of aliphatic imine (C=N–C) groups is 1. The molecule has 0 spiro atoms. The predicted molar refractivity (Wildman–Crippen MR) is 127 cm³/mol. The molecule has 1 amide bonds. The number of ether oxygens (including phenoxy) is 1. The lowest BCUT2D eigenvalue weighted by Gasteiger charge is -2.16. The van der Waals surface area contributed by atoms with Crippen LogP contribution in [0, 0.1) is 13.8 Å². The summed E-state index contributed by atoms with van der Waals surface area (Å²) in [7, 11) is 1.49. The molecule has 31 heavy (non-hydrogen) atoms. The Balaban J connectivity index is 1.81. The van der Waals surface area contributed by atoms with Crippen molar-refractivity contribution in [3.63, 3.8) is 0 Å². The topological polar surface area (TPSA) is 62.1 Å². The van der Waals surface area contributed by atoms with Crippen LogP contribution in [0.3, 0.4) is 0 Å². The molecule has 3 aromatic carbocycles. The van der Waals surface area contributed by atoms with Gasteiger partial charge in [0.2, 0.25) is 0 Å². The Morgan fingerprint density at radius 3 is 2.39 bits per heavy atom. The van der Waals surface area contributed by atoms with Crippen molar-refractivity contribution < 1.29 is 14.6 Å². The normalized spacial score (nSPS) is 16.4. The molecule has 156 valence electrons. The maximum absolute atomic E-state index is 13.4. The monoisotopic (exact) mass is 430 g/mol. The zero-order valence-electron chi connectivity index (χ0n) is 17.5. The number of anilines is 1. The van der Waals surface area contributed by atoms with Gasteiger partial charge in [0.15, 0.2) is 16.7 Å². The van der Waals surface area contributed by atoms with Crippen LogP contribution >= 0.6 is 11.8 Å². The van der Waals surface area contributed by atoms with Crippen molar-refractivity contribution in [2.45, 2.75) is 13.8 Å². The molecule has 1 fully saturated rings. The van der Waals surface area contributed by atoms with Gasteiger partial charge in [-0.1, -0.05) is 42.5 Å². The summed E-state index contributed by atoms with van der Waals surface area (Å²) in [6, 6.07) is 20.5. The van der Waals surface area contributed by atoms with Gasteiger partial charge in [-0.3, -0.25) is 9.69 Å². The molecule has 0 atom stereocenters. The number of phenolic OH excluding ortho intramolecular Hbond substituents is 1. The molecule has 0 unspecified atom stereocenters. The number of methoxy groups -OCH3 is 1. The van der Waals surface area contributed by atoms with Crippen molar-refractivity contribution in [2.75, 3.05) is 12.0 Å². The van der Waals surface area contributed by atoms with Gasteiger partial charge in [-0.25, -0.2) is 4.99 Å². The molecular weight excluding hydrogens is 408 g/mol. The number of carbonyl (C=O) groups excluding carboxylic acids is 1. The lowest BCUT2D eigenvalue weighted by Crippen LogP contribution is -2.28. The Kier molecular flexibility index (Phi) is 5.82. The van der Waals surface area contributed by atoms with E-state index in [2.05, 4.69) is 0 Å². The van der Waals surface area contributed by atoms with Crippen molar-refractivity contribution in [2.24, 2.45) is 4.99 Å². The van der Waals surface area contributed by atoms with Gasteiger partial charge in [0.25, 0.3) is 5.91 Å². The smallest absolute Gasteiger partial charge is 0.271 e. The molecule has 0 bridgehead atoms. The van der Waals surface area contributed by atoms with Crippen LogP contribution < -0.4 is 9.64 Å². The van der Waals surface area contributed by atoms with E-state index in [0.29, 0.717) is 15.8 Å². The first-order valence-electron chi connectivity index (χ1n) is 9.79. The van der Waals surface area contributed by atoms with Gasteiger partial charge in [-0.05, 0) is 72.6 Å². The van der Waals surface area contributed by atoms with Gasteiger partial charge in [-0.15, -0.1) is 0 Å². The Labute approximate surface area is 185 Å². The molecule has 1 aliphatic rings. The zero-order chi connectivity index (χ0) is 22.0. The number of aryl methyl sites for hydroxylation is 2. The summed E-state index contributed by atoms with van der Waals surface area (Å²) in [4.78, 5) is 20.4. The van der Waals surface area contributed by atoms with Gasteiger partial charge >= 0.3 is 0 Å². The van der Waals surface area contributed by atoms with Gasteiger partial charge < -0.3 is 9.84 Å². The van der Waals surface area contributed by atoms with E-state index in [-0.39, 0.29) is 11.7 Å². The lowest BCUT2D eigenvalue weighted by molar-refractivity contribution is -0.113. The highest BCUT2D eigenvalue weighted by atomic mass is 32.2. The molecule has 0 saturated carbocycles. The lowest BCUT2D eigenvalue weighted by atomic mass is 10.1. The molecule has 1 aliphatic heterocycles. The quantitative estimate of drug-likeness (QED) is 0.529. The molecule has 0 aliphatic carbocycles. The highest BCUT2D eigenvalue weighted by Gasteiger charge is 2.35. The van der Waals surface area contributed by atoms with Gasteiger partial charge in [0, 0.05) is 0 Å². The van der Waals surface area contributed by atoms with Crippen molar-refractivity contribution in [1.29, 1.82) is 0 Å². The van der Waals surface area contributed by atoms with Crippen LogP contribution in [0.25, 0.3) is 6.08 Å². The summed E-state index contributed by atoms with van der Waals surface area (Å²) in [6.07, 6.45) is 1.79. The summed E-state index contributed by atoms with van der Waals surface area (Å²) in [5.41, 5.74) is 4.48. The molecule has 1 heterocycles. The average molecular weight is 431 g/mol. The van der Waals surface area contributed by atoms with Gasteiger partial charge in [0.1, 0.15) is 0 Å². The highest BCUT2D eigenvalue weighted by molar-refractivity contribution is 8.19. The second-order valence-corrected chi connectivity index (χ2v) is 8.16. The van der Waals surface area contributed by atoms with Crippen LogP contribution in [-0.4, -0.2) is 23.3 Å². The SMILES string of the molecule is COc1cc(C=C2SC(=Nc3c(C)cccc3C)N(c3ccccc3)C2=O)ccc1O. The van der Waals surface area contributed by atoms with Crippen LogP contribution in [0.2, 0.25) is 0 Å². The van der Waals surface area contributed by atoms with Crippen LogP contribution in [-0.2, 0) is 4.79 Å². The van der Waals surface area contributed by atoms with Crippen molar-refractivity contribution in [3.8, 4) is 11.5 Å². The Morgan fingerprint density at radius 1 is 1.00 bits per heavy atom. The molecule has 1 N–H and O–H groups in total. The Bertz CT molecular complexity index is 1180. The van der Waals surface area contributed by atoms with Crippen LogP contribution in [0.4, 0.5) is 11.4 Å². The number of hydrogen-bond donors (Lipinski definition) is 1. The summed E-state index contributed by atoms with van der Waals surface area (Å²) in [5, 5.41) is 10.5. The van der Waals surface area contributed by atoms with E-state index >= 15 is 0 Å². The van der Waals surface area contributed by atoms with E-state index in [9.17, 15) is 9.90 Å². The first-order valence-corrected chi connectivity index (χ1v) is 10.6. The minimum Gasteiger partial charge on any atom is -0.504 e. The summed E-state index contributed by atoms with van der Waals surface area (Å²) in [5.74, 6) is 0.264. The number of rotatable bonds is 4. The van der Waals surface area contributed by atoms with Gasteiger partial charge in [0.05, 0.1) is 23.4 Å². The fourth-order valence-electron chi connectivity index (χ4n) is 3.37. The van der Waals surface area contributed by atoms with E-state index in [1.807, 2.05) is 62.4 Å². The molecule has 0 radical (unpaired) electrons. The summed E-state index contributed by atoms with van der Waals surface area (Å²) >= 11 is 1.33. The number of hydrogen-bond acceptors (Lipinski definition) is 5. The second kappa shape index (κ2) is 8.70. The van der Waals surface area contributed by atoms with E-state index < -0.39 is 0 Å². The van der Waals surface area contributed by atoms with Crippen molar-refractivity contribution in [3.05, 3.63) is 88.3 Å². The van der Waals surface area contributed by atoms with Crippen LogP contribution in [0.5, 0.6) is 11.5 Å². The van der Waals surface area contributed by atoms with Crippen molar-refractivity contribution >= 4 is 40.3 Å². The Morgan fingerprint density at radius 2 is 1.71 bits per heavy atom. The minimum absolute atomic E-state index is 0.0539. The number of phenols is 1. The first-order chi connectivity index (χ1) is 15.0. The largest absolute Gasteiger partial charge is 0.504 e. The fourth-order valence-corrected chi connectivity index (χ4v) is 4.35. The molecular formula is C25H22N2O3S. The molecule has 0 aromatic heterocycles. The number of para-hydroxylation sites is 2. The Hall–Kier alpha value is -3.51.